The highest BCUT2D eigenvalue weighted by Crippen LogP contribution is 2.29. The number of rotatable bonds is 9. The monoisotopic (exact) mass is 396 g/mol. The first-order valence-electron chi connectivity index (χ1n) is 9.09. The molecule has 3 aromatic rings. The fourth-order valence-electron chi connectivity index (χ4n) is 2.86. The van der Waals surface area contributed by atoms with Crippen LogP contribution in [-0.2, 0) is 13.1 Å². The molecule has 2 aromatic carbocycles. The molecule has 3 rings (SSSR count). The van der Waals surface area contributed by atoms with E-state index < -0.39 is 0 Å². The lowest BCUT2D eigenvalue weighted by molar-refractivity contribution is 0.414. The van der Waals surface area contributed by atoms with Gasteiger partial charge in [0.1, 0.15) is 17.3 Å². The first-order valence-corrected chi connectivity index (χ1v) is 9.97. The third-order valence-corrected chi connectivity index (χ3v) is 5.38. The van der Waals surface area contributed by atoms with Gasteiger partial charge >= 0.3 is 0 Å². The minimum atomic E-state index is 0.676. The zero-order valence-corrected chi connectivity index (χ0v) is 17.4. The van der Waals surface area contributed by atoms with Crippen LogP contribution < -0.4 is 19.3 Å². The highest BCUT2D eigenvalue weighted by atomic mass is 32.1. The molecule has 1 aromatic heterocycles. The predicted octanol–water partition coefficient (Wildman–Crippen LogP) is 4.64. The van der Waals surface area contributed by atoms with Gasteiger partial charge in [-0.25, -0.2) is 4.98 Å². The summed E-state index contributed by atoms with van der Waals surface area (Å²) >= 11 is 1.64. The fourth-order valence-corrected chi connectivity index (χ4v) is 3.73. The lowest BCUT2D eigenvalue weighted by Crippen LogP contribution is -2.22. The molecule has 0 saturated carbocycles. The molecule has 6 heteroatoms. The van der Waals surface area contributed by atoms with Gasteiger partial charge < -0.3 is 19.3 Å². The number of thiazole rings is 1. The van der Waals surface area contributed by atoms with Gasteiger partial charge in [0, 0.05) is 32.1 Å². The smallest absolute Gasteiger partial charge is 0.187 e. The number of aromatic nitrogens is 1. The summed E-state index contributed by atoms with van der Waals surface area (Å²) in [6.07, 6.45) is 0. The standard InChI is InChI=1S/C22H26N3O2S/c1-5-24(2)21-16-28-22(23-21)25(14-17-8-6-10-19(12-17)26-3)15-18-9-7-11-20(13-18)27-4/h6-13,16H,1,5,14-15H2,2-4H3. The summed E-state index contributed by atoms with van der Waals surface area (Å²) in [5, 5.41) is 3.05. The normalized spacial score (nSPS) is 10.6. The molecule has 0 atom stereocenters. The quantitative estimate of drug-likeness (QED) is 0.527. The molecule has 147 valence electrons. The minimum absolute atomic E-state index is 0.676. The summed E-state index contributed by atoms with van der Waals surface area (Å²) < 4.78 is 10.8. The van der Waals surface area contributed by atoms with Crippen molar-refractivity contribution in [2.75, 3.05) is 37.6 Å². The van der Waals surface area contributed by atoms with Crippen LogP contribution in [0.2, 0.25) is 0 Å². The Bertz CT molecular complexity index is 847. The number of nitrogens with zero attached hydrogens (tertiary/aromatic N) is 3. The zero-order chi connectivity index (χ0) is 19.9. The van der Waals surface area contributed by atoms with Crippen LogP contribution >= 0.6 is 11.3 Å². The van der Waals surface area contributed by atoms with Crippen molar-refractivity contribution in [3.8, 4) is 11.5 Å². The van der Waals surface area contributed by atoms with Crippen LogP contribution in [0.1, 0.15) is 11.1 Å². The lowest BCUT2D eigenvalue weighted by Gasteiger charge is -2.23. The Morgan fingerprint density at radius 1 is 0.964 bits per heavy atom. The summed E-state index contributed by atoms with van der Waals surface area (Å²) in [5.41, 5.74) is 2.34. The molecule has 0 bridgehead atoms. The van der Waals surface area contributed by atoms with E-state index in [1.54, 1.807) is 25.6 Å². The van der Waals surface area contributed by atoms with E-state index in [1.165, 1.54) is 11.1 Å². The van der Waals surface area contributed by atoms with E-state index >= 15 is 0 Å². The SMILES string of the molecule is [CH2]CN(C)c1csc(N(Cc2cccc(OC)c2)Cc2cccc(OC)c2)n1. The summed E-state index contributed by atoms with van der Waals surface area (Å²) in [7, 11) is 5.38. The van der Waals surface area contributed by atoms with Gasteiger partial charge in [-0.2, -0.15) is 0 Å². The van der Waals surface area contributed by atoms with Crippen LogP contribution in [0.25, 0.3) is 0 Å². The van der Waals surface area contributed by atoms with Gasteiger partial charge in [-0.1, -0.05) is 24.3 Å². The summed E-state index contributed by atoms with van der Waals surface area (Å²) in [6.45, 7) is 6.08. The van der Waals surface area contributed by atoms with Crippen molar-refractivity contribution in [1.82, 2.24) is 4.98 Å². The molecule has 0 aliphatic heterocycles. The maximum Gasteiger partial charge on any atom is 0.187 e. The van der Waals surface area contributed by atoms with Gasteiger partial charge in [0.25, 0.3) is 0 Å². The van der Waals surface area contributed by atoms with Gasteiger partial charge in [0.2, 0.25) is 0 Å². The van der Waals surface area contributed by atoms with Gasteiger partial charge in [-0.15, -0.1) is 11.3 Å². The minimum Gasteiger partial charge on any atom is -0.497 e. The van der Waals surface area contributed by atoms with E-state index in [0.29, 0.717) is 6.54 Å². The van der Waals surface area contributed by atoms with Crippen LogP contribution in [0.4, 0.5) is 10.9 Å². The van der Waals surface area contributed by atoms with Gasteiger partial charge in [-0.05, 0) is 42.3 Å². The number of anilines is 2. The maximum atomic E-state index is 5.38. The van der Waals surface area contributed by atoms with Crippen molar-refractivity contribution in [2.24, 2.45) is 0 Å². The molecule has 1 heterocycles. The van der Waals surface area contributed by atoms with Crippen LogP contribution in [0, 0.1) is 6.92 Å². The molecule has 0 aliphatic carbocycles. The van der Waals surface area contributed by atoms with Gasteiger partial charge in [0.15, 0.2) is 5.13 Å². The summed E-state index contributed by atoms with van der Waals surface area (Å²) in [5.74, 6) is 2.65. The zero-order valence-electron chi connectivity index (χ0n) is 16.6. The molecule has 1 radical (unpaired) electrons. The second-order valence-corrected chi connectivity index (χ2v) is 7.31. The molecular weight excluding hydrogens is 370 g/mol. The number of benzene rings is 2. The Balaban J connectivity index is 1.89. The van der Waals surface area contributed by atoms with E-state index in [0.717, 1.165) is 35.5 Å². The van der Waals surface area contributed by atoms with Crippen molar-refractivity contribution < 1.29 is 9.47 Å². The molecule has 5 nitrogen and oxygen atoms in total. The topological polar surface area (TPSA) is 37.8 Å². The highest BCUT2D eigenvalue weighted by Gasteiger charge is 2.15. The Morgan fingerprint density at radius 2 is 1.54 bits per heavy atom. The van der Waals surface area contributed by atoms with E-state index in [1.807, 2.05) is 36.2 Å². The van der Waals surface area contributed by atoms with Crippen molar-refractivity contribution in [3.05, 3.63) is 72.0 Å². The third kappa shape index (κ3) is 4.95. The Labute approximate surface area is 171 Å². The molecular formula is C22H26N3O2S. The average molecular weight is 397 g/mol. The van der Waals surface area contributed by atoms with Crippen LogP contribution in [-0.4, -0.2) is 32.8 Å². The van der Waals surface area contributed by atoms with Crippen molar-refractivity contribution in [1.29, 1.82) is 0 Å². The van der Waals surface area contributed by atoms with Crippen LogP contribution in [0.3, 0.4) is 0 Å². The first-order chi connectivity index (χ1) is 13.6. The van der Waals surface area contributed by atoms with Crippen LogP contribution in [0.15, 0.2) is 53.9 Å². The van der Waals surface area contributed by atoms with Crippen LogP contribution in [0.5, 0.6) is 11.5 Å². The maximum absolute atomic E-state index is 5.38. The fraction of sp³-hybridized carbons (Fsp3) is 0.273. The third-order valence-electron chi connectivity index (χ3n) is 4.49. The second kappa shape index (κ2) is 9.46. The number of ether oxygens (including phenoxy) is 2. The number of hydrogen-bond donors (Lipinski definition) is 0. The largest absolute Gasteiger partial charge is 0.497 e. The molecule has 0 fully saturated rings. The van der Waals surface area contributed by atoms with E-state index in [9.17, 15) is 0 Å². The molecule has 0 unspecified atom stereocenters. The first kappa shape index (κ1) is 20.0. The van der Waals surface area contributed by atoms with Crippen molar-refractivity contribution >= 4 is 22.3 Å². The number of hydrogen-bond acceptors (Lipinski definition) is 6. The Morgan fingerprint density at radius 3 is 2.04 bits per heavy atom. The van der Waals surface area contributed by atoms with Gasteiger partial charge in [0.05, 0.1) is 14.2 Å². The van der Waals surface area contributed by atoms with Gasteiger partial charge in [-0.3, -0.25) is 0 Å². The Hall–Kier alpha value is -2.73. The lowest BCUT2D eigenvalue weighted by atomic mass is 10.1. The van der Waals surface area contributed by atoms with E-state index in [4.69, 9.17) is 14.5 Å². The van der Waals surface area contributed by atoms with E-state index in [2.05, 4.69) is 41.5 Å². The predicted molar refractivity (Wildman–Crippen MR) is 117 cm³/mol. The highest BCUT2D eigenvalue weighted by molar-refractivity contribution is 7.14. The van der Waals surface area contributed by atoms with E-state index in [-0.39, 0.29) is 0 Å². The summed E-state index contributed by atoms with van der Waals surface area (Å²) in [6, 6.07) is 16.3. The molecule has 0 aliphatic rings. The molecule has 28 heavy (non-hydrogen) atoms. The molecule has 0 N–H and O–H groups in total. The molecule has 0 amide bonds. The molecule has 0 spiro atoms. The average Bonchev–Trinajstić information content (AvgIpc) is 3.23. The second-order valence-electron chi connectivity index (χ2n) is 6.47. The molecule has 0 saturated heterocycles. The van der Waals surface area contributed by atoms with Crippen molar-refractivity contribution in [2.45, 2.75) is 13.1 Å². The number of methoxy groups -OCH3 is 2. The summed E-state index contributed by atoms with van der Waals surface area (Å²) in [4.78, 5) is 9.14. The van der Waals surface area contributed by atoms with Crippen molar-refractivity contribution in [3.63, 3.8) is 0 Å². The Kier molecular flexibility index (Phi) is 6.76.